The average molecular weight is 312 g/mol. The summed E-state index contributed by atoms with van der Waals surface area (Å²) in [7, 11) is 0. The highest BCUT2D eigenvalue weighted by atomic mass is 16.5. The summed E-state index contributed by atoms with van der Waals surface area (Å²) >= 11 is 0. The minimum Gasteiger partial charge on any atom is -0.361 e. The van der Waals surface area contributed by atoms with E-state index in [4.69, 9.17) is 4.52 Å². The van der Waals surface area contributed by atoms with Gasteiger partial charge in [0.25, 0.3) is 5.91 Å². The van der Waals surface area contributed by atoms with Gasteiger partial charge in [-0.1, -0.05) is 17.3 Å². The first-order valence-corrected chi connectivity index (χ1v) is 7.71. The lowest BCUT2D eigenvalue weighted by molar-refractivity contribution is 0.0950. The van der Waals surface area contributed by atoms with Crippen LogP contribution in [0.5, 0.6) is 0 Å². The molecule has 0 aliphatic heterocycles. The summed E-state index contributed by atoms with van der Waals surface area (Å²) in [5, 5.41) is 6.73. The van der Waals surface area contributed by atoms with Crippen molar-refractivity contribution in [3.8, 4) is 0 Å². The highest BCUT2D eigenvalue weighted by Gasteiger charge is 2.16. The Morgan fingerprint density at radius 1 is 1.26 bits per heavy atom. The Labute approximate surface area is 134 Å². The van der Waals surface area contributed by atoms with E-state index in [1.807, 2.05) is 25.1 Å². The second-order valence-electron chi connectivity index (χ2n) is 5.61. The molecule has 3 aromatic rings. The van der Waals surface area contributed by atoms with Gasteiger partial charge in [0, 0.05) is 13.1 Å². The van der Waals surface area contributed by atoms with Crippen LogP contribution in [0.15, 0.2) is 28.8 Å². The van der Waals surface area contributed by atoms with Gasteiger partial charge in [0.05, 0.1) is 16.7 Å². The maximum absolute atomic E-state index is 12.2. The van der Waals surface area contributed by atoms with E-state index in [0.717, 1.165) is 29.8 Å². The van der Waals surface area contributed by atoms with E-state index < -0.39 is 0 Å². The normalized spacial score (nSPS) is 11.1. The fourth-order valence-corrected chi connectivity index (χ4v) is 2.81. The number of para-hydroxylation sites is 2. The quantitative estimate of drug-likeness (QED) is 0.735. The molecule has 1 N–H and O–H groups in total. The molecule has 0 bridgehead atoms. The molecule has 0 saturated heterocycles. The molecular weight excluding hydrogens is 292 g/mol. The van der Waals surface area contributed by atoms with E-state index in [-0.39, 0.29) is 5.91 Å². The van der Waals surface area contributed by atoms with Gasteiger partial charge in [0.1, 0.15) is 17.1 Å². The first kappa shape index (κ1) is 15.3. The van der Waals surface area contributed by atoms with Crippen LogP contribution in [0.3, 0.4) is 0 Å². The zero-order valence-electron chi connectivity index (χ0n) is 13.6. The predicted molar refractivity (Wildman–Crippen MR) is 87.4 cm³/mol. The van der Waals surface area contributed by atoms with Crippen LogP contribution in [0.4, 0.5) is 0 Å². The number of nitrogens with one attached hydrogen (secondary N) is 1. The number of benzene rings is 1. The van der Waals surface area contributed by atoms with E-state index in [2.05, 4.69) is 26.1 Å². The molecule has 1 aromatic carbocycles. The lowest BCUT2D eigenvalue weighted by Gasteiger charge is -2.08. The lowest BCUT2D eigenvalue weighted by Crippen LogP contribution is -2.26. The van der Waals surface area contributed by atoms with Crippen molar-refractivity contribution in [2.45, 2.75) is 33.7 Å². The van der Waals surface area contributed by atoms with Crippen molar-refractivity contribution in [2.24, 2.45) is 0 Å². The largest absolute Gasteiger partial charge is 0.361 e. The molecule has 120 valence electrons. The van der Waals surface area contributed by atoms with Gasteiger partial charge in [-0.2, -0.15) is 0 Å². The zero-order valence-corrected chi connectivity index (χ0v) is 13.6. The SMILES string of the molecule is Cc1noc(C)c1C(=O)NCCCn1c(C)nc2ccccc21. The number of hydrogen-bond acceptors (Lipinski definition) is 4. The summed E-state index contributed by atoms with van der Waals surface area (Å²) in [4.78, 5) is 16.7. The van der Waals surface area contributed by atoms with Crippen LogP contribution in [0.2, 0.25) is 0 Å². The molecule has 6 heteroatoms. The van der Waals surface area contributed by atoms with Crippen LogP contribution in [-0.4, -0.2) is 27.2 Å². The smallest absolute Gasteiger partial charge is 0.256 e. The molecule has 2 heterocycles. The van der Waals surface area contributed by atoms with Crippen molar-refractivity contribution >= 4 is 16.9 Å². The van der Waals surface area contributed by atoms with Gasteiger partial charge in [0.15, 0.2) is 0 Å². The Balaban J connectivity index is 1.59. The first-order chi connectivity index (χ1) is 11.1. The molecule has 0 saturated carbocycles. The number of aromatic nitrogens is 3. The zero-order chi connectivity index (χ0) is 16.4. The fraction of sp³-hybridized carbons (Fsp3) is 0.353. The second kappa shape index (κ2) is 6.24. The highest BCUT2D eigenvalue weighted by Crippen LogP contribution is 2.16. The number of imidazole rings is 1. The van der Waals surface area contributed by atoms with Crippen molar-refractivity contribution in [3.05, 3.63) is 47.1 Å². The molecule has 0 aliphatic carbocycles. The highest BCUT2D eigenvalue weighted by molar-refractivity contribution is 5.96. The lowest BCUT2D eigenvalue weighted by atomic mass is 10.2. The Kier molecular flexibility index (Phi) is 4.14. The third-order valence-corrected chi connectivity index (χ3v) is 3.95. The molecule has 3 rings (SSSR count). The molecule has 6 nitrogen and oxygen atoms in total. The predicted octanol–water partition coefficient (Wildman–Crippen LogP) is 2.77. The van der Waals surface area contributed by atoms with Gasteiger partial charge in [-0.25, -0.2) is 4.98 Å². The van der Waals surface area contributed by atoms with Crippen LogP contribution in [0, 0.1) is 20.8 Å². The number of carbonyl (C=O) groups is 1. The summed E-state index contributed by atoms with van der Waals surface area (Å²) in [5.41, 5.74) is 3.29. The van der Waals surface area contributed by atoms with Crippen LogP contribution in [-0.2, 0) is 6.54 Å². The molecule has 0 radical (unpaired) electrons. The van der Waals surface area contributed by atoms with Crippen molar-refractivity contribution in [1.82, 2.24) is 20.0 Å². The van der Waals surface area contributed by atoms with Crippen molar-refractivity contribution in [2.75, 3.05) is 6.54 Å². The third kappa shape index (κ3) is 2.97. The number of carbonyl (C=O) groups excluding carboxylic acids is 1. The molecule has 0 atom stereocenters. The molecule has 0 aliphatic rings. The fourth-order valence-electron chi connectivity index (χ4n) is 2.81. The van der Waals surface area contributed by atoms with Gasteiger partial charge in [-0.3, -0.25) is 4.79 Å². The standard InChI is InChI=1S/C17H20N4O2/c1-11-16(12(2)23-20-11)17(22)18-9-6-10-21-13(3)19-14-7-4-5-8-15(14)21/h4-5,7-8H,6,9-10H2,1-3H3,(H,18,22). The molecule has 1 amide bonds. The number of hydrogen-bond donors (Lipinski definition) is 1. The average Bonchev–Trinajstić information content (AvgIpc) is 3.03. The van der Waals surface area contributed by atoms with Crippen LogP contribution < -0.4 is 5.32 Å². The van der Waals surface area contributed by atoms with Crippen molar-refractivity contribution in [1.29, 1.82) is 0 Å². The van der Waals surface area contributed by atoms with E-state index in [9.17, 15) is 4.79 Å². The Morgan fingerprint density at radius 2 is 2.04 bits per heavy atom. The van der Waals surface area contributed by atoms with Gasteiger partial charge < -0.3 is 14.4 Å². The summed E-state index contributed by atoms with van der Waals surface area (Å²) in [5.74, 6) is 1.41. The molecule has 0 unspecified atom stereocenters. The van der Waals surface area contributed by atoms with Gasteiger partial charge in [-0.15, -0.1) is 0 Å². The minimum atomic E-state index is -0.131. The van der Waals surface area contributed by atoms with E-state index in [0.29, 0.717) is 23.6 Å². The maximum atomic E-state index is 12.2. The van der Waals surface area contributed by atoms with Gasteiger partial charge >= 0.3 is 0 Å². The van der Waals surface area contributed by atoms with Crippen LogP contribution in [0.25, 0.3) is 11.0 Å². The number of amides is 1. The Hall–Kier alpha value is -2.63. The van der Waals surface area contributed by atoms with E-state index in [1.165, 1.54) is 0 Å². The summed E-state index contributed by atoms with van der Waals surface area (Å²) in [6.45, 7) is 6.92. The van der Waals surface area contributed by atoms with Gasteiger partial charge in [0.2, 0.25) is 0 Å². The summed E-state index contributed by atoms with van der Waals surface area (Å²) < 4.78 is 7.20. The summed E-state index contributed by atoms with van der Waals surface area (Å²) in [6.07, 6.45) is 0.830. The monoisotopic (exact) mass is 312 g/mol. The number of fused-ring (bicyclic) bond motifs is 1. The maximum Gasteiger partial charge on any atom is 0.256 e. The molecule has 2 aromatic heterocycles. The second-order valence-corrected chi connectivity index (χ2v) is 5.61. The van der Waals surface area contributed by atoms with E-state index >= 15 is 0 Å². The van der Waals surface area contributed by atoms with Crippen molar-refractivity contribution < 1.29 is 9.32 Å². The minimum absolute atomic E-state index is 0.131. The molecule has 0 fully saturated rings. The van der Waals surface area contributed by atoms with Crippen LogP contribution >= 0.6 is 0 Å². The number of rotatable bonds is 5. The Bertz CT molecular complexity index is 828. The molecule has 0 spiro atoms. The molecular formula is C17H20N4O2. The summed E-state index contributed by atoms with van der Waals surface area (Å²) in [6, 6.07) is 8.08. The number of nitrogens with zero attached hydrogens (tertiary/aromatic N) is 3. The topological polar surface area (TPSA) is 73.0 Å². The van der Waals surface area contributed by atoms with Gasteiger partial charge in [-0.05, 0) is 39.3 Å². The van der Waals surface area contributed by atoms with Crippen LogP contribution in [0.1, 0.15) is 34.1 Å². The first-order valence-electron chi connectivity index (χ1n) is 7.71. The Morgan fingerprint density at radius 3 is 2.78 bits per heavy atom. The third-order valence-electron chi connectivity index (χ3n) is 3.95. The molecule has 23 heavy (non-hydrogen) atoms. The number of aryl methyl sites for hydroxylation is 4. The van der Waals surface area contributed by atoms with Crippen molar-refractivity contribution in [3.63, 3.8) is 0 Å². The van der Waals surface area contributed by atoms with E-state index in [1.54, 1.807) is 13.8 Å².